The molecular weight excluding hydrogens is 268 g/mol. The summed E-state index contributed by atoms with van der Waals surface area (Å²) in [5.41, 5.74) is 3.85. The Morgan fingerprint density at radius 2 is 1.24 bits per heavy atom. The summed E-state index contributed by atoms with van der Waals surface area (Å²) in [4.78, 5) is 0. The van der Waals surface area contributed by atoms with Crippen molar-refractivity contribution >= 4 is 8.07 Å². The summed E-state index contributed by atoms with van der Waals surface area (Å²) in [5.74, 6) is 0. The number of hydrogen-bond donors (Lipinski definition) is 0. The molecule has 0 nitrogen and oxygen atoms in total. The molecule has 0 amide bonds. The summed E-state index contributed by atoms with van der Waals surface area (Å²) >= 11 is 0. The van der Waals surface area contributed by atoms with E-state index in [9.17, 15) is 0 Å². The molecule has 1 heteroatoms. The van der Waals surface area contributed by atoms with Gasteiger partial charge in [0.15, 0.2) is 0 Å². The van der Waals surface area contributed by atoms with E-state index in [2.05, 4.69) is 80.7 Å². The summed E-state index contributed by atoms with van der Waals surface area (Å²) in [6.45, 7) is 7.59. The van der Waals surface area contributed by atoms with Crippen LogP contribution in [0, 0.1) is 0 Å². The van der Waals surface area contributed by atoms with Crippen molar-refractivity contribution in [2.45, 2.75) is 50.9 Å². The van der Waals surface area contributed by atoms with Crippen LogP contribution in [0.1, 0.15) is 24.5 Å². The molecular formula is C20H28Si. The zero-order valence-electron chi connectivity index (χ0n) is 13.7. The van der Waals surface area contributed by atoms with E-state index < -0.39 is 8.07 Å². The van der Waals surface area contributed by atoms with Crippen LogP contribution in [-0.2, 0) is 12.8 Å². The first-order valence-corrected chi connectivity index (χ1v) is 11.4. The van der Waals surface area contributed by atoms with Crippen molar-refractivity contribution in [2.75, 3.05) is 0 Å². The van der Waals surface area contributed by atoms with Gasteiger partial charge in [0.1, 0.15) is 0 Å². The van der Waals surface area contributed by atoms with E-state index in [1.54, 1.807) is 0 Å². The molecule has 0 aliphatic rings. The maximum atomic E-state index is 2.56. The van der Waals surface area contributed by atoms with E-state index in [-0.39, 0.29) is 0 Å². The van der Waals surface area contributed by atoms with Gasteiger partial charge in [0.05, 0.1) is 8.07 Å². The molecule has 0 saturated heterocycles. The minimum atomic E-state index is -1.14. The van der Waals surface area contributed by atoms with Crippen LogP contribution >= 0.6 is 0 Å². The van der Waals surface area contributed by atoms with Gasteiger partial charge in [-0.05, 0) is 35.9 Å². The highest BCUT2D eigenvalue weighted by Gasteiger charge is 2.27. The molecule has 0 aromatic heterocycles. The van der Waals surface area contributed by atoms with Crippen LogP contribution in [0.3, 0.4) is 0 Å². The van der Waals surface area contributed by atoms with Crippen LogP contribution in [0.15, 0.2) is 60.7 Å². The van der Waals surface area contributed by atoms with Crippen molar-refractivity contribution < 1.29 is 0 Å². The Morgan fingerprint density at radius 3 is 1.76 bits per heavy atom. The summed E-state index contributed by atoms with van der Waals surface area (Å²) in [5, 5.41) is 0. The van der Waals surface area contributed by atoms with Crippen LogP contribution in [0.4, 0.5) is 0 Å². The quantitative estimate of drug-likeness (QED) is 0.553. The lowest BCUT2D eigenvalue weighted by molar-refractivity contribution is 0.757. The first-order valence-electron chi connectivity index (χ1n) is 8.16. The topological polar surface area (TPSA) is 0 Å². The van der Waals surface area contributed by atoms with Crippen LogP contribution in [0.5, 0.6) is 0 Å². The lowest BCUT2D eigenvalue weighted by atomic mass is 10.1. The van der Waals surface area contributed by atoms with Crippen LogP contribution in [-0.4, -0.2) is 8.07 Å². The molecule has 0 heterocycles. The van der Waals surface area contributed by atoms with E-state index >= 15 is 0 Å². The van der Waals surface area contributed by atoms with Gasteiger partial charge in [-0.25, -0.2) is 0 Å². The molecule has 2 rings (SSSR count). The van der Waals surface area contributed by atoms with Gasteiger partial charge in [-0.2, -0.15) is 0 Å². The summed E-state index contributed by atoms with van der Waals surface area (Å²) in [7, 11) is -1.14. The molecule has 112 valence electrons. The van der Waals surface area contributed by atoms with Gasteiger partial charge >= 0.3 is 0 Å². The highest BCUT2D eigenvalue weighted by molar-refractivity contribution is 6.78. The average Bonchev–Trinajstić information content (AvgIpc) is 2.52. The smallest absolute Gasteiger partial charge is 0.0505 e. The molecule has 0 saturated carbocycles. The fourth-order valence-corrected chi connectivity index (χ4v) is 5.13. The predicted octanol–water partition coefficient (Wildman–Crippen LogP) is 5.96. The minimum absolute atomic E-state index is 0.876. The van der Waals surface area contributed by atoms with Gasteiger partial charge in [0, 0.05) is 0 Å². The lowest BCUT2D eigenvalue weighted by Crippen LogP contribution is -2.31. The van der Waals surface area contributed by atoms with Crippen LogP contribution in [0.2, 0.25) is 24.7 Å². The van der Waals surface area contributed by atoms with Crippen molar-refractivity contribution in [3.05, 3.63) is 71.8 Å². The average molecular weight is 297 g/mol. The van der Waals surface area contributed by atoms with Gasteiger partial charge in [-0.1, -0.05) is 86.7 Å². The Morgan fingerprint density at radius 1 is 0.762 bits per heavy atom. The van der Waals surface area contributed by atoms with Gasteiger partial charge in [-0.3, -0.25) is 0 Å². The van der Waals surface area contributed by atoms with E-state index in [1.165, 1.54) is 36.4 Å². The fraction of sp³-hybridized carbons (Fsp3) is 0.400. The Kier molecular flexibility index (Phi) is 5.81. The van der Waals surface area contributed by atoms with Crippen molar-refractivity contribution in [1.82, 2.24) is 0 Å². The number of hydrogen-bond acceptors (Lipinski definition) is 0. The van der Waals surface area contributed by atoms with E-state index in [4.69, 9.17) is 0 Å². The first kappa shape index (κ1) is 16.0. The molecule has 2 aromatic rings. The summed E-state index contributed by atoms with van der Waals surface area (Å²) < 4.78 is 0. The van der Waals surface area contributed by atoms with Gasteiger partial charge < -0.3 is 0 Å². The van der Waals surface area contributed by atoms with Crippen LogP contribution < -0.4 is 0 Å². The molecule has 1 atom stereocenters. The SMILES string of the molecule is CC(CCc1ccccc1)[Si](C)(C)CCc1ccccc1. The second-order valence-corrected chi connectivity index (χ2v) is 12.4. The zero-order valence-corrected chi connectivity index (χ0v) is 14.7. The minimum Gasteiger partial charge on any atom is -0.0691 e. The van der Waals surface area contributed by atoms with E-state index in [0.29, 0.717) is 0 Å². The maximum absolute atomic E-state index is 2.56. The molecule has 2 aromatic carbocycles. The highest BCUT2D eigenvalue weighted by atomic mass is 28.3. The Bertz CT molecular complexity index is 516. The fourth-order valence-electron chi connectivity index (χ4n) is 2.78. The van der Waals surface area contributed by atoms with Gasteiger partial charge in [0.2, 0.25) is 0 Å². The summed E-state index contributed by atoms with van der Waals surface area (Å²) in [6, 6.07) is 23.3. The largest absolute Gasteiger partial charge is 0.0691 e. The Hall–Kier alpha value is -1.34. The highest BCUT2D eigenvalue weighted by Crippen LogP contribution is 2.31. The van der Waals surface area contributed by atoms with Crippen molar-refractivity contribution in [3.63, 3.8) is 0 Å². The van der Waals surface area contributed by atoms with Crippen molar-refractivity contribution in [2.24, 2.45) is 0 Å². The third-order valence-electron chi connectivity index (χ3n) is 4.94. The molecule has 0 radical (unpaired) electrons. The molecule has 0 N–H and O–H groups in total. The normalized spacial score (nSPS) is 13.1. The van der Waals surface area contributed by atoms with Crippen molar-refractivity contribution in [3.8, 4) is 0 Å². The van der Waals surface area contributed by atoms with Gasteiger partial charge in [-0.15, -0.1) is 0 Å². The van der Waals surface area contributed by atoms with Gasteiger partial charge in [0.25, 0.3) is 0 Å². The molecule has 21 heavy (non-hydrogen) atoms. The van der Waals surface area contributed by atoms with E-state index in [1.807, 2.05) is 0 Å². The number of rotatable bonds is 7. The molecule has 0 aliphatic carbocycles. The number of aryl methyl sites for hydroxylation is 2. The zero-order chi connectivity index (χ0) is 15.1. The molecule has 1 unspecified atom stereocenters. The maximum Gasteiger partial charge on any atom is 0.0505 e. The standard InChI is InChI=1S/C20H28Si/c1-18(14-15-19-10-6-4-7-11-19)21(2,3)17-16-20-12-8-5-9-13-20/h4-13,18H,14-17H2,1-3H3. The lowest BCUT2D eigenvalue weighted by Gasteiger charge is -2.30. The monoisotopic (exact) mass is 296 g/mol. The second kappa shape index (κ2) is 7.60. The third kappa shape index (κ3) is 5.17. The third-order valence-corrected chi connectivity index (χ3v) is 9.44. The van der Waals surface area contributed by atoms with Crippen LogP contribution in [0.25, 0.3) is 0 Å². The van der Waals surface area contributed by atoms with Crippen molar-refractivity contribution in [1.29, 1.82) is 0 Å². The second-order valence-electron chi connectivity index (χ2n) is 6.90. The molecule has 0 spiro atoms. The molecule has 0 fully saturated rings. The number of benzene rings is 2. The summed E-state index contributed by atoms with van der Waals surface area (Å²) in [6.07, 6.45) is 3.80. The molecule has 0 aliphatic heterocycles. The van der Waals surface area contributed by atoms with E-state index in [0.717, 1.165) is 5.54 Å². The Labute approximate surface area is 131 Å². The molecule has 0 bridgehead atoms. The first-order chi connectivity index (χ1) is 10.1. The predicted molar refractivity (Wildman–Crippen MR) is 96.6 cm³/mol. The Balaban J connectivity index is 1.83.